The highest BCUT2D eigenvalue weighted by Crippen LogP contribution is 2.19. The van der Waals surface area contributed by atoms with Crippen LogP contribution in [0.4, 0.5) is 0 Å². The monoisotopic (exact) mass is 364 g/mol. The van der Waals surface area contributed by atoms with Crippen molar-refractivity contribution in [1.29, 1.82) is 0 Å². The van der Waals surface area contributed by atoms with E-state index in [1.807, 2.05) is 36.4 Å². The maximum absolute atomic E-state index is 12.6. The number of benzene rings is 2. The van der Waals surface area contributed by atoms with Gasteiger partial charge in [0.2, 0.25) is 0 Å². The van der Waals surface area contributed by atoms with Crippen LogP contribution in [-0.4, -0.2) is 47.2 Å². The average Bonchev–Trinajstić information content (AvgIpc) is 3.14. The molecule has 0 saturated carbocycles. The second-order valence-electron chi connectivity index (χ2n) is 6.99. The Balaban J connectivity index is 1.32. The van der Waals surface area contributed by atoms with E-state index < -0.39 is 0 Å². The van der Waals surface area contributed by atoms with Gasteiger partial charge in [0.05, 0.1) is 12.6 Å². The van der Waals surface area contributed by atoms with E-state index in [0.29, 0.717) is 5.69 Å². The highest BCUT2D eigenvalue weighted by molar-refractivity contribution is 6.04. The Hall–Kier alpha value is -2.86. The molecule has 0 unspecified atom stereocenters. The lowest BCUT2D eigenvalue weighted by Crippen LogP contribution is -2.44. The Morgan fingerprint density at radius 1 is 1.22 bits per heavy atom. The van der Waals surface area contributed by atoms with Gasteiger partial charge in [-0.1, -0.05) is 30.3 Å². The molecule has 1 saturated heterocycles. The van der Waals surface area contributed by atoms with Crippen LogP contribution in [0.25, 0.3) is 10.9 Å². The van der Waals surface area contributed by atoms with Gasteiger partial charge in [0.1, 0.15) is 5.75 Å². The maximum atomic E-state index is 12.6. The van der Waals surface area contributed by atoms with Gasteiger partial charge in [-0.3, -0.25) is 14.8 Å². The topological polar surface area (TPSA) is 70.2 Å². The molecule has 4 rings (SSSR count). The third kappa shape index (κ3) is 3.95. The minimum absolute atomic E-state index is 0.0984. The normalized spacial score (nSPS) is 15.7. The number of nitrogens with one attached hydrogen (secondary N) is 2. The largest absolute Gasteiger partial charge is 0.497 e. The minimum atomic E-state index is -0.0984. The van der Waals surface area contributed by atoms with Crippen molar-refractivity contribution in [3.05, 3.63) is 59.8 Å². The number of rotatable bonds is 5. The Kier molecular flexibility index (Phi) is 5.07. The first kappa shape index (κ1) is 17.5. The summed E-state index contributed by atoms with van der Waals surface area (Å²) in [5.74, 6) is 0.791. The number of para-hydroxylation sites is 1. The predicted octanol–water partition coefficient (Wildman–Crippen LogP) is 2.97. The summed E-state index contributed by atoms with van der Waals surface area (Å²) >= 11 is 0. The third-order valence-corrected chi connectivity index (χ3v) is 5.15. The number of aromatic amines is 1. The van der Waals surface area contributed by atoms with E-state index in [4.69, 9.17) is 4.74 Å². The van der Waals surface area contributed by atoms with Gasteiger partial charge in [-0.2, -0.15) is 5.10 Å². The van der Waals surface area contributed by atoms with Crippen molar-refractivity contribution >= 4 is 16.8 Å². The third-order valence-electron chi connectivity index (χ3n) is 5.15. The Labute approximate surface area is 158 Å². The summed E-state index contributed by atoms with van der Waals surface area (Å²) in [5, 5.41) is 11.1. The number of carbonyl (C=O) groups is 1. The van der Waals surface area contributed by atoms with Gasteiger partial charge in [0.25, 0.3) is 5.91 Å². The molecule has 0 bridgehead atoms. The van der Waals surface area contributed by atoms with Crippen molar-refractivity contribution in [1.82, 2.24) is 20.4 Å². The predicted molar refractivity (Wildman–Crippen MR) is 105 cm³/mol. The second kappa shape index (κ2) is 7.80. The number of hydrogen-bond donors (Lipinski definition) is 2. The highest BCUT2D eigenvalue weighted by atomic mass is 16.5. The van der Waals surface area contributed by atoms with Crippen LogP contribution in [0.15, 0.2) is 48.5 Å². The number of likely N-dealkylation sites (tertiary alicyclic amines) is 1. The molecule has 0 radical (unpaired) electrons. The lowest BCUT2D eigenvalue weighted by molar-refractivity contribution is 0.0905. The van der Waals surface area contributed by atoms with Crippen LogP contribution in [-0.2, 0) is 6.54 Å². The zero-order valence-corrected chi connectivity index (χ0v) is 15.4. The van der Waals surface area contributed by atoms with Gasteiger partial charge in [-0.25, -0.2) is 0 Å². The molecule has 3 aromatic rings. The summed E-state index contributed by atoms with van der Waals surface area (Å²) in [5.41, 5.74) is 2.61. The number of aromatic nitrogens is 2. The number of piperidine rings is 1. The van der Waals surface area contributed by atoms with Crippen molar-refractivity contribution in [2.45, 2.75) is 25.4 Å². The van der Waals surface area contributed by atoms with E-state index in [-0.39, 0.29) is 11.9 Å². The molecular formula is C21H24N4O2. The zero-order valence-electron chi connectivity index (χ0n) is 15.4. The van der Waals surface area contributed by atoms with Crippen molar-refractivity contribution in [2.24, 2.45) is 0 Å². The SMILES string of the molecule is COc1cccc(CN2CCC(NC(=O)c3n[nH]c4ccccc34)CC2)c1. The molecule has 1 aromatic heterocycles. The van der Waals surface area contributed by atoms with E-state index in [1.54, 1.807) is 7.11 Å². The molecule has 1 aliphatic heterocycles. The molecule has 140 valence electrons. The van der Waals surface area contributed by atoms with E-state index in [2.05, 4.69) is 32.5 Å². The lowest BCUT2D eigenvalue weighted by Gasteiger charge is -2.32. The number of ether oxygens (including phenoxy) is 1. The van der Waals surface area contributed by atoms with E-state index in [9.17, 15) is 4.79 Å². The first-order valence-electron chi connectivity index (χ1n) is 9.32. The summed E-state index contributed by atoms with van der Waals surface area (Å²) in [7, 11) is 1.69. The van der Waals surface area contributed by atoms with Gasteiger partial charge in [0.15, 0.2) is 5.69 Å². The summed E-state index contributed by atoms with van der Waals surface area (Å²) in [6.07, 6.45) is 1.89. The molecule has 27 heavy (non-hydrogen) atoms. The highest BCUT2D eigenvalue weighted by Gasteiger charge is 2.23. The van der Waals surface area contributed by atoms with E-state index in [1.165, 1.54) is 5.56 Å². The molecule has 0 spiro atoms. The maximum Gasteiger partial charge on any atom is 0.272 e. The van der Waals surface area contributed by atoms with Crippen molar-refractivity contribution in [2.75, 3.05) is 20.2 Å². The Morgan fingerprint density at radius 3 is 2.85 bits per heavy atom. The Morgan fingerprint density at radius 2 is 2.04 bits per heavy atom. The molecule has 6 nitrogen and oxygen atoms in total. The quantitative estimate of drug-likeness (QED) is 0.730. The molecule has 0 aliphatic carbocycles. The molecule has 1 amide bonds. The molecular weight excluding hydrogens is 340 g/mol. The zero-order chi connectivity index (χ0) is 18.6. The van der Waals surface area contributed by atoms with Crippen LogP contribution in [0.3, 0.4) is 0 Å². The van der Waals surface area contributed by atoms with E-state index in [0.717, 1.165) is 49.1 Å². The number of fused-ring (bicyclic) bond motifs is 1. The Bertz CT molecular complexity index is 929. The number of H-pyrrole nitrogens is 1. The number of nitrogens with zero attached hydrogens (tertiary/aromatic N) is 2. The fourth-order valence-corrected chi connectivity index (χ4v) is 3.65. The summed E-state index contributed by atoms with van der Waals surface area (Å²) < 4.78 is 5.30. The van der Waals surface area contributed by atoms with Gasteiger partial charge in [-0.05, 0) is 36.6 Å². The number of carbonyl (C=O) groups excluding carboxylic acids is 1. The average molecular weight is 364 g/mol. The van der Waals surface area contributed by atoms with Crippen LogP contribution in [0.1, 0.15) is 28.9 Å². The standard InChI is InChI=1S/C21H24N4O2/c1-27-17-6-4-5-15(13-17)14-25-11-9-16(10-12-25)22-21(26)20-18-7-2-3-8-19(18)23-24-20/h2-8,13,16H,9-12,14H2,1H3,(H,22,26)(H,23,24). The summed E-state index contributed by atoms with van der Waals surface area (Å²) in [6, 6.07) is 16.1. The summed E-state index contributed by atoms with van der Waals surface area (Å²) in [6.45, 7) is 2.83. The molecule has 0 atom stereocenters. The van der Waals surface area contributed by atoms with Gasteiger partial charge in [-0.15, -0.1) is 0 Å². The number of methoxy groups -OCH3 is 1. The molecule has 1 aliphatic rings. The smallest absolute Gasteiger partial charge is 0.272 e. The molecule has 2 N–H and O–H groups in total. The molecule has 2 heterocycles. The van der Waals surface area contributed by atoms with Crippen molar-refractivity contribution in [3.8, 4) is 5.75 Å². The van der Waals surface area contributed by atoms with Crippen molar-refractivity contribution < 1.29 is 9.53 Å². The minimum Gasteiger partial charge on any atom is -0.497 e. The van der Waals surface area contributed by atoms with Crippen molar-refractivity contribution in [3.63, 3.8) is 0 Å². The fourth-order valence-electron chi connectivity index (χ4n) is 3.65. The summed E-state index contributed by atoms with van der Waals surface area (Å²) in [4.78, 5) is 15.0. The number of amides is 1. The van der Waals surface area contributed by atoms with Gasteiger partial charge in [0, 0.05) is 31.1 Å². The first-order chi connectivity index (χ1) is 13.2. The molecule has 1 fully saturated rings. The fraction of sp³-hybridized carbons (Fsp3) is 0.333. The van der Waals surface area contributed by atoms with Gasteiger partial charge < -0.3 is 10.1 Å². The van der Waals surface area contributed by atoms with Crippen LogP contribution in [0.5, 0.6) is 5.75 Å². The molecule has 6 heteroatoms. The van der Waals surface area contributed by atoms with Crippen LogP contribution < -0.4 is 10.1 Å². The van der Waals surface area contributed by atoms with Crippen LogP contribution in [0, 0.1) is 0 Å². The first-order valence-corrected chi connectivity index (χ1v) is 9.32. The van der Waals surface area contributed by atoms with Gasteiger partial charge >= 0.3 is 0 Å². The van der Waals surface area contributed by atoms with Crippen LogP contribution >= 0.6 is 0 Å². The van der Waals surface area contributed by atoms with Crippen LogP contribution in [0.2, 0.25) is 0 Å². The van der Waals surface area contributed by atoms with E-state index >= 15 is 0 Å². The second-order valence-corrected chi connectivity index (χ2v) is 6.99. The molecule has 2 aromatic carbocycles. The number of hydrogen-bond acceptors (Lipinski definition) is 4. The lowest BCUT2D eigenvalue weighted by atomic mass is 10.0.